The first kappa shape index (κ1) is 22.0. The van der Waals surface area contributed by atoms with E-state index in [4.69, 9.17) is 16.3 Å². The zero-order valence-corrected chi connectivity index (χ0v) is 18.3. The molecule has 0 unspecified atom stereocenters. The summed E-state index contributed by atoms with van der Waals surface area (Å²) in [5.74, 6) is -0.864. The van der Waals surface area contributed by atoms with Gasteiger partial charge in [-0.15, -0.1) is 0 Å². The van der Waals surface area contributed by atoms with Crippen LogP contribution in [0, 0.1) is 0 Å². The summed E-state index contributed by atoms with van der Waals surface area (Å²) < 4.78 is 5.17. The Morgan fingerprint density at radius 2 is 1.47 bits per heavy atom. The quantitative estimate of drug-likeness (QED) is 0.423. The summed E-state index contributed by atoms with van der Waals surface area (Å²) in [6.45, 7) is 2.27. The Morgan fingerprint density at radius 3 is 2.03 bits per heavy atom. The zero-order chi connectivity index (χ0) is 22.3. The molecule has 0 bridgehead atoms. The molecule has 0 atom stereocenters. The van der Waals surface area contributed by atoms with Gasteiger partial charge in [0.15, 0.2) is 6.61 Å². The van der Waals surface area contributed by atoms with Gasteiger partial charge in [-0.2, -0.15) is 0 Å². The molecule has 1 saturated heterocycles. The summed E-state index contributed by atoms with van der Waals surface area (Å²) >= 11 is 5.92. The largest absolute Gasteiger partial charge is 0.452 e. The summed E-state index contributed by atoms with van der Waals surface area (Å²) in [7, 11) is 0. The topological polar surface area (TPSA) is 62.7 Å². The molecule has 0 N–H and O–H groups in total. The second-order valence-electron chi connectivity index (χ2n) is 7.56. The number of nitrogens with zero attached hydrogens (tertiary/aromatic N) is 3. The first-order valence-corrected chi connectivity index (χ1v) is 10.9. The summed E-state index contributed by atoms with van der Waals surface area (Å²) in [6, 6.07) is 24.0. The number of hydrogen-bond acceptors (Lipinski definition) is 5. The minimum absolute atomic E-state index is 0.0615. The second kappa shape index (κ2) is 10.4. The van der Waals surface area contributed by atoms with Crippen LogP contribution >= 0.6 is 11.6 Å². The third-order valence-corrected chi connectivity index (χ3v) is 5.87. The lowest BCUT2D eigenvalue weighted by atomic mass is 9.96. The minimum atomic E-state index is -0.650. The number of benzene rings is 2. The van der Waals surface area contributed by atoms with Gasteiger partial charge in [0.25, 0.3) is 5.91 Å². The molecule has 0 radical (unpaired) electrons. The second-order valence-corrected chi connectivity index (χ2v) is 7.92. The smallest absolute Gasteiger partial charge is 0.341 e. The van der Waals surface area contributed by atoms with E-state index in [0.29, 0.717) is 13.1 Å². The molecule has 1 aliphatic rings. The van der Waals surface area contributed by atoms with E-state index < -0.39 is 5.97 Å². The molecule has 0 aliphatic carbocycles. The zero-order valence-electron chi connectivity index (χ0n) is 17.6. The number of aromatic nitrogens is 1. The standard InChI is InChI=1S/C25H24ClN3O3/c26-24-21(12-7-13-27-24)25(31)32-18-22(30)28-14-16-29(17-15-28)23(19-8-3-1-4-9-19)20-10-5-2-6-11-20/h1-13,23H,14-18H2. The molecule has 1 aromatic heterocycles. The molecular formula is C25H24ClN3O3. The van der Waals surface area contributed by atoms with E-state index in [-0.39, 0.29) is 29.3 Å². The minimum Gasteiger partial charge on any atom is -0.452 e. The van der Waals surface area contributed by atoms with Crippen molar-refractivity contribution in [3.05, 3.63) is 101 Å². The highest BCUT2D eigenvalue weighted by atomic mass is 35.5. The number of amides is 1. The number of carbonyl (C=O) groups excluding carboxylic acids is 2. The third kappa shape index (κ3) is 5.15. The highest BCUT2D eigenvalue weighted by molar-refractivity contribution is 6.32. The fourth-order valence-electron chi connectivity index (χ4n) is 3.95. The summed E-state index contributed by atoms with van der Waals surface area (Å²) in [5.41, 5.74) is 2.60. The van der Waals surface area contributed by atoms with Gasteiger partial charge in [0.1, 0.15) is 5.15 Å². The molecule has 4 rings (SSSR count). The number of esters is 1. The molecule has 32 heavy (non-hydrogen) atoms. The van der Waals surface area contributed by atoms with Gasteiger partial charge >= 0.3 is 5.97 Å². The van der Waals surface area contributed by atoms with Crippen LogP contribution in [0.1, 0.15) is 27.5 Å². The molecule has 0 spiro atoms. The van der Waals surface area contributed by atoms with E-state index in [1.165, 1.54) is 23.4 Å². The number of halogens is 1. The van der Waals surface area contributed by atoms with Crippen LogP contribution in [0.2, 0.25) is 5.15 Å². The first-order valence-electron chi connectivity index (χ1n) is 10.5. The van der Waals surface area contributed by atoms with Crippen molar-refractivity contribution >= 4 is 23.5 Å². The lowest BCUT2D eigenvalue weighted by Crippen LogP contribution is -2.50. The van der Waals surface area contributed by atoms with Gasteiger partial charge < -0.3 is 9.64 Å². The van der Waals surface area contributed by atoms with Gasteiger partial charge in [0.2, 0.25) is 0 Å². The van der Waals surface area contributed by atoms with Crippen molar-refractivity contribution in [1.82, 2.24) is 14.8 Å². The van der Waals surface area contributed by atoms with E-state index in [0.717, 1.165) is 13.1 Å². The lowest BCUT2D eigenvalue weighted by Gasteiger charge is -2.39. The fraction of sp³-hybridized carbons (Fsp3) is 0.240. The summed E-state index contributed by atoms with van der Waals surface area (Å²) in [4.78, 5) is 32.8. The molecule has 1 fully saturated rings. The molecule has 2 heterocycles. The molecule has 0 saturated carbocycles. The first-order chi connectivity index (χ1) is 15.6. The molecule has 7 heteroatoms. The maximum absolute atomic E-state index is 12.6. The average Bonchev–Trinajstić information content (AvgIpc) is 2.84. The van der Waals surface area contributed by atoms with E-state index in [1.54, 1.807) is 11.0 Å². The van der Waals surface area contributed by atoms with E-state index in [1.807, 2.05) is 36.4 Å². The lowest BCUT2D eigenvalue weighted by molar-refractivity contribution is -0.136. The van der Waals surface area contributed by atoms with Gasteiger partial charge in [-0.25, -0.2) is 9.78 Å². The maximum Gasteiger partial charge on any atom is 0.341 e. The van der Waals surface area contributed by atoms with Crippen LogP contribution in [0.25, 0.3) is 0 Å². The normalized spacial score (nSPS) is 14.4. The van der Waals surface area contributed by atoms with Crippen LogP contribution in [0.5, 0.6) is 0 Å². The Bertz CT molecular complexity index is 1010. The summed E-state index contributed by atoms with van der Waals surface area (Å²) in [6.07, 6.45) is 1.49. The number of ether oxygens (including phenoxy) is 1. The highest BCUT2D eigenvalue weighted by Crippen LogP contribution is 2.29. The van der Waals surface area contributed by atoms with Gasteiger partial charge in [-0.1, -0.05) is 72.3 Å². The number of hydrogen-bond donors (Lipinski definition) is 0. The van der Waals surface area contributed by atoms with E-state index in [9.17, 15) is 9.59 Å². The van der Waals surface area contributed by atoms with Crippen LogP contribution in [0.3, 0.4) is 0 Å². The fourth-order valence-corrected chi connectivity index (χ4v) is 4.15. The van der Waals surface area contributed by atoms with Crippen molar-refractivity contribution in [3.63, 3.8) is 0 Å². The highest BCUT2D eigenvalue weighted by Gasteiger charge is 2.28. The van der Waals surface area contributed by atoms with E-state index >= 15 is 0 Å². The molecule has 1 aliphatic heterocycles. The van der Waals surface area contributed by atoms with Gasteiger partial charge in [-0.3, -0.25) is 9.69 Å². The van der Waals surface area contributed by atoms with Crippen molar-refractivity contribution in [2.24, 2.45) is 0 Å². The molecule has 2 aromatic carbocycles. The molecular weight excluding hydrogens is 426 g/mol. The van der Waals surface area contributed by atoms with Crippen molar-refractivity contribution in [3.8, 4) is 0 Å². The van der Waals surface area contributed by atoms with Crippen LogP contribution in [-0.4, -0.2) is 59.4 Å². The van der Waals surface area contributed by atoms with Crippen molar-refractivity contribution < 1.29 is 14.3 Å². The Morgan fingerprint density at radius 1 is 0.875 bits per heavy atom. The SMILES string of the molecule is O=C(OCC(=O)N1CCN(C(c2ccccc2)c2ccccc2)CC1)c1cccnc1Cl. The average molecular weight is 450 g/mol. The maximum atomic E-state index is 12.6. The number of carbonyl (C=O) groups is 2. The van der Waals surface area contributed by atoms with Gasteiger partial charge in [0.05, 0.1) is 11.6 Å². The number of piperazine rings is 1. The number of rotatable bonds is 6. The molecule has 6 nitrogen and oxygen atoms in total. The molecule has 1 amide bonds. The Balaban J connectivity index is 1.37. The Labute approximate surface area is 192 Å². The van der Waals surface area contributed by atoms with Crippen LogP contribution < -0.4 is 0 Å². The van der Waals surface area contributed by atoms with Gasteiger partial charge in [0, 0.05) is 32.4 Å². The van der Waals surface area contributed by atoms with Crippen LogP contribution in [-0.2, 0) is 9.53 Å². The van der Waals surface area contributed by atoms with Crippen molar-refractivity contribution in [2.75, 3.05) is 32.8 Å². The molecule has 3 aromatic rings. The van der Waals surface area contributed by atoms with Crippen molar-refractivity contribution in [2.45, 2.75) is 6.04 Å². The van der Waals surface area contributed by atoms with Gasteiger partial charge in [-0.05, 0) is 23.3 Å². The van der Waals surface area contributed by atoms with Crippen molar-refractivity contribution in [1.29, 1.82) is 0 Å². The molecule has 164 valence electrons. The summed E-state index contributed by atoms with van der Waals surface area (Å²) in [5, 5.41) is 0.0615. The predicted molar refractivity (Wildman–Crippen MR) is 122 cm³/mol. The van der Waals surface area contributed by atoms with Crippen LogP contribution in [0.15, 0.2) is 79.0 Å². The third-order valence-electron chi connectivity index (χ3n) is 5.57. The van der Waals surface area contributed by atoms with Crippen LogP contribution in [0.4, 0.5) is 0 Å². The monoisotopic (exact) mass is 449 g/mol. The Kier molecular flexibility index (Phi) is 7.14. The predicted octanol–water partition coefficient (Wildman–Crippen LogP) is 3.83. The van der Waals surface area contributed by atoms with E-state index in [2.05, 4.69) is 34.1 Å². The number of pyridine rings is 1. The Hall–Kier alpha value is -3.22.